The summed E-state index contributed by atoms with van der Waals surface area (Å²) >= 11 is 0. The summed E-state index contributed by atoms with van der Waals surface area (Å²) in [7, 11) is 5.76. The maximum Gasteiger partial charge on any atom is 0.185 e. The molecule has 0 spiro atoms. The van der Waals surface area contributed by atoms with Gasteiger partial charge in [-0.3, -0.25) is 4.79 Å². The van der Waals surface area contributed by atoms with E-state index in [-0.39, 0.29) is 5.82 Å². The molecule has 0 aliphatic heterocycles. The minimum absolute atomic E-state index is 0.0415. The van der Waals surface area contributed by atoms with Crippen molar-refractivity contribution in [3.05, 3.63) is 41.9 Å². The third-order valence-electron chi connectivity index (χ3n) is 2.13. The molecule has 0 saturated heterocycles. The highest BCUT2D eigenvalue weighted by molar-refractivity contribution is 6.14. The first-order valence-corrected chi connectivity index (χ1v) is 4.49. The summed E-state index contributed by atoms with van der Waals surface area (Å²) in [5.74, 6) is 1.08. The normalized spacial score (nSPS) is 20.6. The second-order valence-corrected chi connectivity index (χ2v) is 3.24. The van der Waals surface area contributed by atoms with E-state index in [1.807, 2.05) is 18.2 Å². The maximum atomic E-state index is 10.4. The van der Waals surface area contributed by atoms with Gasteiger partial charge in [-0.15, -0.1) is 0 Å². The Morgan fingerprint density at radius 1 is 1.50 bits per heavy atom. The first-order chi connectivity index (χ1) is 6.79. The molecule has 68 valence electrons. The summed E-state index contributed by atoms with van der Waals surface area (Å²) in [6.07, 6.45) is 7.44. The lowest BCUT2D eigenvalue weighted by Gasteiger charge is -2.10. The predicted octanol–water partition coefficient (Wildman–Crippen LogP) is 2.39. The van der Waals surface area contributed by atoms with Crippen molar-refractivity contribution in [3.63, 3.8) is 0 Å². The molecular formula is C11H9BO2. The van der Waals surface area contributed by atoms with Crippen molar-refractivity contribution in [3.8, 4) is 0 Å². The van der Waals surface area contributed by atoms with Gasteiger partial charge in [-0.2, -0.15) is 0 Å². The second kappa shape index (κ2) is 3.70. The largest absolute Gasteiger partial charge is 0.453 e. The van der Waals surface area contributed by atoms with Gasteiger partial charge < -0.3 is 4.42 Å². The lowest BCUT2D eigenvalue weighted by Crippen LogP contribution is -1.92. The van der Waals surface area contributed by atoms with Gasteiger partial charge in [0.1, 0.15) is 5.76 Å². The van der Waals surface area contributed by atoms with Gasteiger partial charge in [-0.25, -0.2) is 0 Å². The lowest BCUT2D eigenvalue weighted by atomic mass is 9.80. The number of carbonyl (C=O) groups excluding carboxylic acids is 1. The van der Waals surface area contributed by atoms with Crippen LogP contribution >= 0.6 is 0 Å². The number of aldehydes is 1. The van der Waals surface area contributed by atoms with E-state index in [1.54, 1.807) is 12.1 Å². The van der Waals surface area contributed by atoms with Gasteiger partial charge in [0.2, 0.25) is 0 Å². The summed E-state index contributed by atoms with van der Waals surface area (Å²) in [6.45, 7) is 0. The van der Waals surface area contributed by atoms with Crippen molar-refractivity contribution in [1.82, 2.24) is 0 Å². The van der Waals surface area contributed by atoms with Crippen molar-refractivity contribution in [2.45, 2.75) is 12.2 Å². The summed E-state index contributed by atoms with van der Waals surface area (Å²) in [5.41, 5.74) is 0.942. The van der Waals surface area contributed by atoms with E-state index >= 15 is 0 Å². The van der Waals surface area contributed by atoms with E-state index in [9.17, 15) is 4.79 Å². The Morgan fingerprint density at radius 2 is 2.36 bits per heavy atom. The number of rotatable bonds is 2. The molecule has 1 aromatic heterocycles. The molecule has 1 aromatic rings. The molecule has 14 heavy (non-hydrogen) atoms. The van der Waals surface area contributed by atoms with E-state index in [2.05, 4.69) is 0 Å². The first kappa shape index (κ1) is 9.07. The van der Waals surface area contributed by atoms with Crippen LogP contribution in [0.25, 0.3) is 5.57 Å². The van der Waals surface area contributed by atoms with Crippen LogP contribution in [-0.4, -0.2) is 14.1 Å². The molecule has 2 nitrogen and oxygen atoms in total. The Bertz CT molecular complexity index is 401. The molecule has 1 heterocycles. The molecule has 1 aliphatic carbocycles. The second-order valence-electron chi connectivity index (χ2n) is 3.24. The Morgan fingerprint density at radius 3 is 3.00 bits per heavy atom. The maximum absolute atomic E-state index is 10.4. The average molecular weight is 184 g/mol. The summed E-state index contributed by atoms with van der Waals surface area (Å²) < 4.78 is 5.28. The molecule has 1 aliphatic rings. The number of furan rings is 1. The van der Waals surface area contributed by atoms with Gasteiger partial charge in [-0.05, 0) is 18.6 Å². The van der Waals surface area contributed by atoms with E-state index in [4.69, 9.17) is 12.3 Å². The zero-order chi connectivity index (χ0) is 9.97. The molecule has 2 rings (SSSR count). The van der Waals surface area contributed by atoms with Crippen LogP contribution in [0.15, 0.2) is 34.8 Å². The molecule has 3 heteroatoms. The molecule has 0 aromatic carbocycles. The topological polar surface area (TPSA) is 30.2 Å². The number of allylic oxidation sites excluding steroid dienone is 4. The molecule has 0 fully saturated rings. The lowest BCUT2D eigenvalue weighted by molar-refractivity contribution is 0.110. The molecule has 0 amide bonds. The van der Waals surface area contributed by atoms with E-state index in [0.717, 1.165) is 12.0 Å². The highest BCUT2D eigenvalue weighted by Crippen LogP contribution is 2.26. The number of hydrogen-bond acceptors (Lipinski definition) is 2. The average Bonchev–Trinajstić information content (AvgIpc) is 2.66. The van der Waals surface area contributed by atoms with Gasteiger partial charge >= 0.3 is 0 Å². The predicted molar refractivity (Wildman–Crippen MR) is 55.3 cm³/mol. The van der Waals surface area contributed by atoms with Gasteiger partial charge in [-0.1, -0.05) is 24.0 Å². The van der Waals surface area contributed by atoms with Crippen LogP contribution in [0, 0.1) is 0 Å². The number of hydrogen-bond donors (Lipinski definition) is 0. The molecule has 0 N–H and O–H groups in total. The Balaban J connectivity index is 2.30. The Hall–Kier alpha value is -1.51. The van der Waals surface area contributed by atoms with Crippen LogP contribution < -0.4 is 0 Å². The summed E-state index contributed by atoms with van der Waals surface area (Å²) in [6, 6.07) is 3.43. The quantitative estimate of drug-likeness (QED) is 0.521. The van der Waals surface area contributed by atoms with Crippen LogP contribution in [-0.2, 0) is 0 Å². The smallest absolute Gasteiger partial charge is 0.185 e. The van der Waals surface area contributed by atoms with Crippen molar-refractivity contribution in [2.24, 2.45) is 0 Å². The van der Waals surface area contributed by atoms with Crippen molar-refractivity contribution >= 4 is 19.7 Å². The third kappa shape index (κ3) is 1.71. The monoisotopic (exact) mass is 184 g/mol. The minimum atomic E-state index is 0.0415. The molecule has 1 atom stereocenters. The van der Waals surface area contributed by atoms with Crippen LogP contribution in [0.3, 0.4) is 0 Å². The van der Waals surface area contributed by atoms with E-state index in [0.29, 0.717) is 17.8 Å². The molecular weight excluding hydrogens is 175 g/mol. The van der Waals surface area contributed by atoms with Crippen molar-refractivity contribution in [2.75, 3.05) is 0 Å². The zero-order valence-corrected chi connectivity index (χ0v) is 7.64. The molecule has 2 radical (unpaired) electrons. The molecule has 1 unspecified atom stereocenters. The summed E-state index contributed by atoms with van der Waals surface area (Å²) in [4.78, 5) is 10.4. The Kier molecular flexibility index (Phi) is 2.40. The van der Waals surface area contributed by atoms with Crippen molar-refractivity contribution in [1.29, 1.82) is 0 Å². The van der Waals surface area contributed by atoms with Gasteiger partial charge in [0.15, 0.2) is 12.0 Å². The third-order valence-corrected chi connectivity index (χ3v) is 2.13. The highest BCUT2D eigenvalue weighted by Gasteiger charge is 2.09. The van der Waals surface area contributed by atoms with Crippen LogP contribution in [0.2, 0.25) is 5.82 Å². The fourth-order valence-electron chi connectivity index (χ4n) is 1.44. The van der Waals surface area contributed by atoms with Gasteiger partial charge in [0.25, 0.3) is 0 Å². The fraction of sp³-hybridized carbons (Fsp3) is 0.182. The number of carbonyl (C=O) groups is 1. The molecule has 0 bridgehead atoms. The van der Waals surface area contributed by atoms with Crippen LogP contribution in [0.4, 0.5) is 0 Å². The minimum Gasteiger partial charge on any atom is -0.453 e. The van der Waals surface area contributed by atoms with E-state index < -0.39 is 0 Å². The summed E-state index contributed by atoms with van der Waals surface area (Å²) in [5, 5.41) is 0. The van der Waals surface area contributed by atoms with Crippen LogP contribution in [0.5, 0.6) is 0 Å². The van der Waals surface area contributed by atoms with Gasteiger partial charge in [0, 0.05) is 5.57 Å². The molecule has 0 saturated carbocycles. The highest BCUT2D eigenvalue weighted by atomic mass is 16.3. The SMILES string of the molecule is [B]C1C=C(c2ccc(C=O)o2)C=CC1. The fourth-order valence-corrected chi connectivity index (χ4v) is 1.44. The Labute approximate surface area is 83.7 Å². The van der Waals surface area contributed by atoms with Crippen molar-refractivity contribution < 1.29 is 9.21 Å². The van der Waals surface area contributed by atoms with Crippen LogP contribution in [0.1, 0.15) is 22.7 Å². The first-order valence-electron chi connectivity index (χ1n) is 4.49. The standard InChI is InChI=1S/C11H9BO2/c12-9-3-1-2-8(6-9)11-5-4-10(7-13)14-11/h1-2,4-7,9H,3H2. The van der Waals surface area contributed by atoms with E-state index in [1.165, 1.54) is 0 Å². The van der Waals surface area contributed by atoms with Gasteiger partial charge in [0.05, 0.1) is 7.85 Å². The zero-order valence-electron chi connectivity index (χ0n) is 7.64.